The van der Waals surface area contributed by atoms with Crippen molar-refractivity contribution in [1.29, 1.82) is 0 Å². The first kappa shape index (κ1) is 36.9. The van der Waals surface area contributed by atoms with Crippen molar-refractivity contribution in [3.63, 3.8) is 0 Å². The lowest BCUT2D eigenvalue weighted by Crippen LogP contribution is -2.60. The van der Waals surface area contributed by atoms with Crippen LogP contribution in [0.3, 0.4) is 0 Å². The predicted molar refractivity (Wildman–Crippen MR) is 185 cm³/mol. The van der Waals surface area contributed by atoms with Gasteiger partial charge in [0, 0.05) is 23.9 Å². The van der Waals surface area contributed by atoms with Gasteiger partial charge in [-0.25, -0.2) is 18.2 Å². The number of carbonyl (C=O) groups is 4. The Kier molecular flexibility index (Phi) is 9.87. The monoisotopic (exact) mass is 713 g/mol. The van der Waals surface area contributed by atoms with Crippen LogP contribution in [0.4, 0.5) is 4.79 Å². The second-order valence-corrected chi connectivity index (χ2v) is 17.3. The van der Waals surface area contributed by atoms with Crippen LogP contribution in [0.2, 0.25) is 0 Å². The number of ether oxygens (including phenoxy) is 3. The Balaban J connectivity index is 1.45. The van der Waals surface area contributed by atoms with E-state index in [0.717, 1.165) is 5.39 Å². The highest BCUT2D eigenvalue weighted by Gasteiger charge is 2.62. The first-order valence-electron chi connectivity index (χ1n) is 16.7. The molecular formula is C35H47N5O9S. The molecule has 0 unspecified atom stereocenters. The molecule has 0 radical (unpaired) electrons. The topological polar surface area (TPSA) is 182 Å². The number of likely N-dealkylation sites (tertiary alicyclic amines) is 1. The maximum Gasteiger partial charge on any atom is 0.408 e. The third kappa shape index (κ3) is 7.98. The van der Waals surface area contributed by atoms with E-state index in [1.54, 1.807) is 60.9 Å². The van der Waals surface area contributed by atoms with Crippen LogP contribution >= 0.6 is 0 Å². The maximum absolute atomic E-state index is 14.4. The Morgan fingerprint density at radius 1 is 1.10 bits per heavy atom. The van der Waals surface area contributed by atoms with Gasteiger partial charge in [-0.1, -0.05) is 32.9 Å². The number of rotatable bonds is 11. The van der Waals surface area contributed by atoms with Crippen LogP contribution < -0.4 is 24.8 Å². The van der Waals surface area contributed by atoms with Gasteiger partial charge in [0.1, 0.15) is 35.1 Å². The van der Waals surface area contributed by atoms with Gasteiger partial charge < -0.3 is 29.7 Å². The lowest BCUT2D eigenvalue weighted by molar-refractivity contribution is -0.143. The second kappa shape index (κ2) is 13.4. The van der Waals surface area contributed by atoms with Crippen LogP contribution in [0.5, 0.6) is 11.6 Å². The maximum atomic E-state index is 14.4. The third-order valence-corrected chi connectivity index (χ3v) is 10.9. The van der Waals surface area contributed by atoms with E-state index in [1.807, 2.05) is 18.2 Å². The van der Waals surface area contributed by atoms with Crippen LogP contribution in [-0.2, 0) is 29.1 Å². The second-order valence-electron chi connectivity index (χ2n) is 15.3. The van der Waals surface area contributed by atoms with Gasteiger partial charge in [0.15, 0.2) is 0 Å². The molecule has 2 saturated carbocycles. The quantitative estimate of drug-likeness (QED) is 0.293. The summed E-state index contributed by atoms with van der Waals surface area (Å²) >= 11 is 0. The zero-order valence-electron chi connectivity index (χ0n) is 29.6. The number of pyridine rings is 1. The van der Waals surface area contributed by atoms with E-state index in [1.165, 1.54) is 11.0 Å². The molecule has 3 aliphatic rings. The molecular weight excluding hydrogens is 666 g/mol. The van der Waals surface area contributed by atoms with Gasteiger partial charge in [-0.3, -0.25) is 19.1 Å². The number of hydrogen-bond acceptors (Lipinski definition) is 10. The molecule has 14 nitrogen and oxygen atoms in total. The minimum absolute atomic E-state index is 0.0136. The third-order valence-electron chi connectivity index (χ3n) is 9.09. The molecule has 1 aromatic heterocycles. The number of nitrogens with zero attached hydrogens (tertiary/aromatic N) is 2. The first-order valence-corrected chi connectivity index (χ1v) is 18.2. The van der Waals surface area contributed by atoms with Crippen LogP contribution in [0, 0.1) is 11.3 Å². The largest absolute Gasteiger partial charge is 0.497 e. The standard InChI is InChI=1S/C35H47N5O9S/c1-9-21-18-35(21,31(43)39-50(45,46)24-12-13-24)38-28(41)26-17-23(48-29-25-16-22(47-8)11-10-20(25)14-15-36-29)19-40(26)30(42)27(33(2,3)4)37-32(44)49-34(5,6)7/h9-11,14-16,21,23-24,26-27H,1,12-13,17-19H2,2-8H3,(H,37,44)(H,38,41)(H,39,43)/t21-,23-,26+,27-,35-/m1/s1. The summed E-state index contributed by atoms with van der Waals surface area (Å²) in [6, 6.07) is 4.99. The van der Waals surface area contributed by atoms with E-state index >= 15 is 0 Å². The molecule has 272 valence electrons. The van der Waals surface area contributed by atoms with E-state index in [4.69, 9.17) is 14.2 Å². The van der Waals surface area contributed by atoms with Crippen LogP contribution in [0.25, 0.3) is 10.8 Å². The average Bonchev–Trinajstić information content (AvgIpc) is 3.95. The number of hydrogen-bond donors (Lipinski definition) is 3. The molecule has 5 atom stereocenters. The van der Waals surface area contributed by atoms with Gasteiger partial charge in [-0.15, -0.1) is 6.58 Å². The first-order chi connectivity index (χ1) is 23.3. The van der Waals surface area contributed by atoms with E-state index in [9.17, 15) is 27.6 Å². The summed E-state index contributed by atoms with van der Waals surface area (Å²) in [6.45, 7) is 14.1. The molecule has 50 heavy (non-hydrogen) atoms. The van der Waals surface area contributed by atoms with Gasteiger partial charge in [0.05, 0.1) is 18.9 Å². The van der Waals surface area contributed by atoms with Crippen molar-refractivity contribution < 1.29 is 41.8 Å². The predicted octanol–water partition coefficient (Wildman–Crippen LogP) is 3.20. The number of sulfonamides is 1. The number of alkyl carbamates (subject to hydrolysis) is 1. The van der Waals surface area contributed by atoms with Crippen LogP contribution in [0.15, 0.2) is 43.1 Å². The molecule has 2 aromatic rings. The molecule has 0 bridgehead atoms. The summed E-state index contributed by atoms with van der Waals surface area (Å²) in [5, 5.41) is 6.32. The molecule has 2 heterocycles. The number of aromatic nitrogens is 1. The summed E-state index contributed by atoms with van der Waals surface area (Å²) in [4.78, 5) is 60.7. The smallest absolute Gasteiger partial charge is 0.408 e. The fourth-order valence-corrected chi connectivity index (χ4v) is 7.50. The lowest BCUT2D eigenvalue weighted by atomic mass is 9.85. The number of amides is 4. The Morgan fingerprint density at radius 2 is 1.80 bits per heavy atom. The van der Waals surface area contributed by atoms with E-state index < -0.39 is 79.7 Å². The molecule has 1 aliphatic heterocycles. The Bertz CT molecular complexity index is 1800. The Morgan fingerprint density at radius 3 is 2.38 bits per heavy atom. The lowest BCUT2D eigenvalue weighted by Gasteiger charge is -2.36. The number of nitrogens with one attached hydrogen (secondary N) is 3. The highest BCUT2D eigenvalue weighted by Crippen LogP contribution is 2.45. The highest BCUT2D eigenvalue weighted by atomic mass is 32.2. The van der Waals surface area contributed by atoms with E-state index in [2.05, 4.69) is 26.9 Å². The fraction of sp³-hybridized carbons (Fsp3) is 0.571. The van der Waals surface area contributed by atoms with Crippen molar-refractivity contribution in [3.8, 4) is 11.6 Å². The van der Waals surface area contributed by atoms with Crippen molar-refractivity contribution in [2.75, 3.05) is 13.7 Å². The minimum atomic E-state index is -3.90. The van der Waals surface area contributed by atoms with Crippen molar-refractivity contribution in [1.82, 2.24) is 25.2 Å². The molecule has 1 saturated heterocycles. The van der Waals surface area contributed by atoms with E-state index in [-0.39, 0.29) is 25.3 Å². The Labute approximate surface area is 292 Å². The van der Waals surface area contributed by atoms with E-state index in [0.29, 0.717) is 24.0 Å². The highest BCUT2D eigenvalue weighted by molar-refractivity contribution is 7.91. The number of fused-ring (bicyclic) bond motifs is 1. The van der Waals surface area contributed by atoms with Gasteiger partial charge >= 0.3 is 6.09 Å². The van der Waals surface area contributed by atoms with Crippen molar-refractivity contribution >= 4 is 44.6 Å². The molecule has 5 rings (SSSR count). The van der Waals surface area contributed by atoms with Gasteiger partial charge in [-0.2, -0.15) is 0 Å². The molecule has 4 amide bonds. The normalized spacial score (nSPS) is 24.1. The number of benzene rings is 1. The molecule has 0 spiro atoms. The average molecular weight is 714 g/mol. The Hall–Kier alpha value is -4.40. The summed E-state index contributed by atoms with van der Waals surface area (Å²) in [6.07, 6.45) is 2.63. The molecule has 15 heteroatoms. The van der Waals surface area contributed by atoms with Crippen molar-refractivity contribution in [2.45, 2.75) is 102 Å². The number of methoxy groups -OCH3 is 1. The fourth-order valence-electron chi connectivity index (χ4n) is 6.13. The summed E-state index contributed by atoms with van der Waals surface area (Å²) in [7, 11) is -2.35. The van der Waals surface area contributed by atoms with Crippen molar-refractivity contribution in [3.05, 3.63) is 43.1 Å². The summed E-state index contributed by atoms with van der Waals surface area (Å²) in [5.74, 6) is -1.75. The zero-order valence-corrected chi connectivity index (χ0v) is 30.4. The minimum Gasteiger partial charge on any atom is -0.497 e. The SMILES string of the molecule is C=C[C@@H]1C[C@]1(NC(=O)[C@@H]1C[C@@H](Oc2nccc3ccc(OC)cc23)CN1C(=O)[C@@H](NC(=O)OC(C)(C)C)C(C)(C)C)C(=O)NS(=O)(=O)C1CC1. The van der Waals surface area contributed by atoms with Crippen molar-refractivity contribution in [2.24, 2.45) is 11.3 Å². The summed E-state index contributed by atoms with van der Waals surface area (Å²) < 4.78 is 44.7. The molecule has 1 aromatic carbocycles. The van der Waals surface area contributed by atoms with Crippen LogP contribution in [0.1, 0.15) is 67.2 Å². The van der Waals surface area contributed by atoms with Gasteiger partial charge in [0.25, 0.3) is 5.91 Å². The molecule has 3 fully saturated rings. The van der Waals surface area contributed by atoms with Crippen LogP contribution in [-0.4, -0.2) is 90.3 Å². The van der Waals surface area contributed by atoms with Gasteiger partial charge in [0.2, 0.25) is 27.7 Å². The molecule has 2 aliphatic carbocycles. The molecule has 3 N–H and O–H groups in total. The zero-order chi connectivity index (χ0) is 36.8. The number of carbonyl (C=O) groups excluding carboxylic acids is 4. The summed E-state index contributed by atoms with van der Waals surface area (Å²) in [5.41, 5.74) is -3.20. The van der Waals surface area contributed by atoms with Gasteiger partial charge in [-0.05, 0) is 69.0 Å².